The van der Waals surface area contributed by atoms with Crippen LogP contribution in [0.4, 0.5) is 5.82 Å². The first-order valence-electron chi connectivity index (χ1n) is 11.1. The average Bonchev–Trinajstić information content (AvgIpc) is 3.11. The fraction of sp³-hybridized carbons (Fsp3) is 0.185. The Bertz CT molecular complexity index is 1320. The third-order valence-electron chi connectivity index (χ3n) is 5.80. The van der Waals surface area contributed by atoms with Crippen LogP contribution in [0.1, 0.15) is 29.0 Å². The summed E-state index contributed by atoms with van der Waals surface area (Å²) >= 11 is 1.62. The molecule has 0 spiro atoms. The average molecular weight is 472 g/mol. The molecule has 1 N–H and O–H groups in total. The lowest BCUT2D eigenvalue weighted by Crippen LogP contribution is -2.22. The number of ether oxygens (including phenoxy) is 2. The quantitative estimate of drug-likeness (QED) is 0.378. The summed E-state index contributed by atoms with van der Waals surface area (Å²) < 4.78 is 13.3. The van der Waals surface area contributed by atoms with Gasteiger partial charge >= 0.3 is 0 Å². The normalized spacial score (nSPS) is 17.4. The van der Waals surface area contributed by atoms with E-state index in [9.17, 15) is 4.79 Å². The Hall–Kier alpha value is -3.71. The molecule has 0 bridgehead atoms. The smallest absolute Gasteiger partial charge is 0.238 e. The molecule has 1 aliphatic heterocycles. The molecule has 4 aromatic rings. The van der Waals surface area contributed by atoms with Gasteiger partial charge in [-0.05, 0) is 55.8 Å². The van der Waals surface area contributed by atoms with Crippen molar-refractivity contribution in [1.82, 2.24) is 9.78 Å². The van der Waals surface area contributed by atoms with Crippen LogP contribution in [0.3, 0.4) is 0 Å². The molecular weight excluding hydrogens is 446 g/mol. The second kappa shape index (κ2) is 9.27. The minimum atomic E-state index is -0.233. The highest BCUT2D eigenvalue weighted by molar-refractivity contribution is 8.01. The maximum atomic E-state index is 12.9. The van der Waals surface area contributed by atoms with E-state index in [0.717, 1.165) is 34.0 Å². The molecule has 0 saturated carbocycles. The van der Waals surface area contributed by atoms with Crippen LogP contribution in [0.15, 0.2) is 78.9 Å². The molecule has 34 heavy (non-hydrogen) atoms. The molecule has 0 radical (unpaired) electrons. The molecule has 2 atom stereocenters. The Kier molecular flexibility index (Phi) is 6.02. The summed E-state index contributed by atoms with van der Waals surface area (Å²) in [6.07, 6.45) is 0. The number of methoxy groups -OCH3 is 1. The van der Waals surface area contributed by atoms with Crippen LogP contribution in [0.25, 0.3) is 5.69 Å². The first kappa shape index (κ1) is 22.1. The summed E-state index contributed by atoms with van der Waals surface area (Å²) in [5.74, 6) is 2.87. The monoisotopic (exact) mass is 471 g/mol. The molecule has 1 aromatic heterocycles. The van der Waals surface area contributed by atoms with E-state index < -0.39 is 0 Å². The number of carbonyl (C=O) groups is 1. The second-order valence-electron chi connectivity index (χ2n) is 8.06. The van der Waals surface area contributed by atoms with Gasteiger partial charge in [-0.15, -0.1) is 11.8 Å². The lowest BCUT2D eigenvalue weighted by molar-refractivity contribution is -0.115. The van der Waals surface area contributed by atoms with Gasteiger partial charge in [0.2, 0.25) is 5.91 Å². The zero-order valence-electron chi connectivity index (χ0n) is 19.2. The van der Waals surface area contributed by atoms with E-state index in [1.807, 2.05) is 80.6 Å². The van der Waals surface area contributed by atoms with Gasteiger partial charge in [0.15, 0.2) is 0 Å². The summed E-state index contributed by atoms with van der Waals surface area (Å²) in [6, 6.07) is 25.4. The van der Waals surface area contributed by atoms with Crippen molar-refractivity contribution in [2.45, 2.75) is 24.3 Å². The van der Waals surface area contributed by atoms with E-state index in [1.165, 1.54) is 0 Å². The number of nitrogens with one attached hydrogen (secondary N) is 1. The Balaban J connectivity index is 1.56. The van der Waals surface area contributed by atoms with Crippen LogP contribution in [0.5, 0.6) is 17.2 Å². The molecule has 0 aliphatic carbocycles. The number of para-hydroxylation sites is 3. The molecule has 5 rings (SSSR count). The van der Waals surface area contributed by atoms with Crippen LogP contribution in [0, 0.1) is 6.92 Å². The van der Waals surface area contributed by atoms with Crippen molar-refractivity contribution in [3.8, 4) is 22.9 Å². The van der Waals surface area contributed by atoms with Crippen molar-refractivity contribution in [3.63, 3.8) is 0 Å². The SMILES string of the molecule is COc1ccccc1-n1nc(C)c2c1NC(=O)[C@H](C)S[C@@H]2c1ccc(Oc2ccccc2)cc1. The predicted molar refractivity (Wildman–Crippen MR) is 135 cm³/mol. The minimum absolute atomic E-state index is 0.0474. The zero-order valence-corrected chi connectivity index (χ0v) is 20.0. The summed E-state index contributed by atoms with van der Waals surface area (Å²) in [7, 11) is 1.63. The van der Waals surface area contributed by atoms with Gasteiger partial charge in [0.1, 0.15) is 28.8 Å². The van der Waals surface area contributed by atoms with Gasteiger partial charge in [-0.25, -0.2) is 4.68 Å². The van der Waals surface area contributed by atoms with Crippen molar-refractivity contribution in [1.29, 1.82) is 0 Å². The van der Waals surface area contributed by atoms with E-state index in [-0.39, 0.29) is 16.4 Å². The van der Waals surface area contributed by atoms with Gasteiger partial charge < -0.3 is 14.8 Å². The zero-order chi connectivity index (χ0) is 23.7. The van der Waals surface area contributed by atoms with E-state index in [0.29, 0.717) is 11.6 Å². The maximum absolute atomic E-state index is 12.9. The molecule has 6 nitrogen and oxygen atoms in total. The third kappa shape index (κ3) is 4.15. The molecule has 2 heterocycles. The first-order valence-corrected chi connectivity index (χ1v) is 12.0. The van der Waals surface area contributed by atoms with Crippen LogP contribution in [0.2, 0.25) is 0 Å². The van der Waals surface area contributed by atoms with Crippen LogP contribution < -0.4 is 14.8 Å². The van der Waals surface area contributed by atoms with Crippen LogP contribution >= 0.6 is 11.8 Å². The third-order valence-corrected chi connectivity index (χ3v) is 7.20. The molecule has 0 fully saturated rings. The molecule has 7 heteroatoms. The number of carbonyl (C=O) groups excluding carboxylic acids is 1. The van der Waals surface area contributed by atoms with Crippen molar-refractivity contribution < 1.29 is 14.3 Å². The summed E-state index contributed by atoms with van der Waals surface area (Å²) in [5, 5.41) is 7.62. The summed E-state index contributed by atoms with van der Waals surface area (Å²) in [6.45, 7) is 3.91. The highest BCUT2D eigenvalue weighted by atomic mass is 32.2. The van der Waals surface area contributed by atoms with Gasteiger partial charge in [0, 0.05) is 5.56 Å². The Labute approximate surface area is 202 Å². The molecule has 172 valence electrons. The number of nitrogens with zero attached hydrogens (tertiary/aromatic N) is 2. The van der Waals surface area contributed by atoms with Gasteiger partial charge in [-0.1, -0.05) is 42.5 Å². The van der Waals surface area contributed by atoms with Gasteiger partial charge in [-0.3, -0.25) is 4.79 Å². The molecular formula is C27H25N3O3S. The van der Waals surface area contributed by atoms with Gasteiger partial charge in [-0.2, -0.15) is 5.10 Å². The fourth-order valence-corrected chi connectivity index (χ4v) is 5.41. The standard InChI is InChI=1S/C27H25N3O3S/c1-17-24-25(19-13-15-21(16-14-19)33-20-9-5-4-6-10-20)34-18(2)27(31)28-26(24)30(29-17)22-11-7-8-12-23(22)32-3/h4-16,18,25H,1-3H3,(H,28,31)/t18-,25+/m0/s1. The molecule has 1 aliphatic rings. The van der Waals surface area contributed by atoms with Gasteiger partial charge in [0.25, 0.3) is 0 Å². The maximum Gasteiger partial charge on any atom is 0.238 e. The number of rotatable bonds is 5. The number of anilines is 1. The highest BCUT2D eigenvalue weighted by Crippen LogP contribution is 2.46. The Morgan fingerprint density at radius 2 is 1.62 bits per heavy atom. The summed E-state index contributed by atoms with van der Waals surface area (Å²) in [4.78, 5) is 12.9. The van der Waals surface area contributed by atoms with Crippen LogP contribution in [-0.4, -0.2) is 28.0 Å². The predicted octanol–water partition coefficient (Wildman–Crippen LogP) is 6.14. The number of fused-ring (bicyclic) bond motifs is 1. The topological polar surface area (TPSA) is 65.4 Å². The number of amides is 1. The number of aromatic nitrogens is 2. The lowest BCUT2D eigenvalue weighted by atomic mass is 10.0. The second-order valence-corrected chi connectivity index (χ2v) is 9.51. The Morgan fingerprint density at radius 1 is 0.941 bits per heavy atom. The van der Waals surface area contributed by atoms with E-state index in [4.69, 9.17) is 14.6 Å². The fourth-order valence-electron chi connectivity index (χ4n) is 4.09. The Morgan fingerprint density at radius 3 is 2.35 bits per heavy atom. The molecule has 3 aromatic carbocycles. The van der Waals surface area contributed by atoms with Crippen molar-refractivity contribution in [2.75, 3.05) is 12.4 Å². The van der Waals surface area contributed by atoms with E-state index >= 15 is 0 Å². The van der Waals surface area contributed by atoms with Crippen molar-refractivity contribution in [2.24, 2.45) is 0 Å². The molecule has 1 amide bonds. The largest absolute Gasteiger partial charge is 0.494 e. The highest BCUT2D eigenvalue weighted by Gasteiger charge is 2.34. The number of hydrogen-bond acceptors (Lipinski definition) is 5. The number of aryl methyl sites for hydroxylation is 1. The molecule has 0 saturated heterocycles. The summed E-state index contributed by atoms with van der Waals surface area (Å²) in [5.41, 5.74) is 3.71. The van der Waals surface area contributed by atoms with E-state index in [2.05, 4.69) is 17.4 Å². The number of benzene rings is 3. The minimum Gasteiger partial charge on any atom is -0.494 e. The van der Waals surface area contributed by atoms with Crippen molar-refractivity contribution >= 4 is 23.5 Å². The van der Waals surface area contributed by atoms with Crippen molar-refractivity contribution in [3.05, 3.63) is 95.7 Å². The van der Waals surface area contributed by atoms with Crippen LogP contribution in [-0.2, 0) is 4.79 Å². The number of thioether (sulfide) groups is 1. The first-order chi connectivity index (χ1) is 16.5. The number of hydrogen-bond donors (Lipinski definition) is 1. The lowest BCUT2D eigenvalue weighted by Gasteiger charge is -2.18. The van der Waals surface area contributed by atoms with E-state index in [1.54, 1.807) is 23.6 Å². The molecule has 0 unspecified atom stereocenters. The van der Waals surface area contributed by atoms with Gasteiger partial charge in [0.05, 0.1) is 23.3 Å².